The van der Waals surface area contributed by atoms with E-state index < -0.39 is 10.0 Å². The molecule has 1 saturated heterocycles. The van der Waals surface area contributed by atoms with Crippen molar-refractivity contribution in [3.05, 3.63) is 11.2 Å². The summed E-state index contributed by atoms with van der Waals surface area (Å²) in [5, 5.41) is 4.05. The van der Waals surface area contributed by atoms with Gasteiger partial charge in [0, 0.05) is 19.1 Å². The molecule has 1 atom stereocenters. The molecule has 1 aliphatic rings. The highest BCUT2D eigenvalue weighted by Gasteiger charge is 2.34. The van der Waals surface area contributed by atoms with E-state index >= 15 is 0 Å². The van der Waals surface area contributed by atoms with E-state index in [1.54, 1.807) is 4.31 Å². The molecule has 0 bridgehead atoms. The van der Waals surface area contributed by atoms with E-state index in [4.69, 9.17) is 0 Å². The van der Waals surface area contributed by atoms with Crippen LogP contribution < -0.4 is 5.32 Å². The Morgan fingerprint density at radius 1 is 1.53 bits per heavy atom. The summed E-state index contributed by atoms with van der Waals surface area (Å²) in [6.07, 6.45) is 4.46. The maximum absolute atomic E-state index is 12.6. The molecule has 2 heterocycles. The average Bonchev–Trinajstić information content (AvgIpc) is 2.84. The van der Waals surface area contributed by atoms with Crippen LogP contribution in [-0.4, -0.2) is 43.4 Å². The zero-order chi connectivity index (χ0) is 13.9. The van der Waals surface area contributed by atoms with Gasteiger partial charge in [0.2, 0.25) is 0 Å². The summed E-state index contributed by atoms with van der Waals surface area (Å²) < 4.78 is 27.3. The van der Waals surface area contributed by atoms with Crippen molar-refractivity contribution in [3.8, 4) is 0 Å². The maximum atomic E-state index is 12.6. The lowest BCUT2D eigenvalue weighted by Gasteiger charge is -2.34. The Bertz CT molecular complexity index is 513. The van der Waals surface area contributed by atoms with E-state index in [2.05, 4.69) is 10.3 Å². The minimum absolute atomic E-state index is 0.0705. The molecular weight excluding hydrogens is 282 g/mol. The highest BCUT2D eigenvalue weighted by atomic mass is 32.2. The number of nitrogens with zero attached hydrogens (tertiary/aromatic N) is 2. The molecule has 0 saturated carbocycles. The van der Waals surface area contributed by atoms with E-state index in [1.807, 2.05) is 13.8 Å². The second-order valence-corrected chi connectivity index (χ2v) is 8.12. The standard InChI is InChI=1S/C12H21N3O2S2/c1-3-13-8-11-6-4-5-7-15(11)19(16,17)12-9-14-10(2)18-12/h9,11,13H,3-8H2,1-2H3. The summed E-state index contributed by atoms with van der Waals surface area (Å²) in [6, 6.07) is 0.0705. The number of sulfonamides is 1. The van der Waals surface area contributed by atoms with Crippen LogP contribution in [-0.2, 0) is 10.0 Å². The first-order chi connectivity index (χ1) is 9.05. The van der Waals surface area contributed by atoms with Crippen molar-refractivity contribution >= 4 is 21.4 Å². The number of aromatic nitrogens is 1. The predicted octanol–water partition coefficient (Wildman–Crippen LogP) is 1.60. The van der Waals surface area contributed by atoms with Crippen LogP contribution in [0, 0.1) is 6.92 Å². The number of piperidine rings is 1. The zero-order valence-electron chi connectivity index (χ0n) is 11.4. The molecule has 0 radical (unpaired) electrons. The number of nitrogens with one attached hydrogen (secondary N) is 1. The first-order valence-corrected chi connectivity index (χ1v) is 8.96. The van der Waals surface area contributed by atoms with Gasteiger partial charge in [-0.2, -0.15) is 4.31 Å². The van der Waals surface area contributed by atoms with Crippen molar-refractivity contribution in [1.82, 2.24) is 14.6 Å². The van der Waals surface area contributed by atoms with Crippen LogP contribution in [0.15, 0.2) is 10.4 Å². The number of thiazole rings is 1. The van der Waals surface area contributed by atoms with Gasteiger partial charge < -0.3 is 5.32 Å². The van der Waals surface area contributed by atoms with Crippen molar-refractivity contribution in [1.29, 1.82) is 0 Å². The van der Waals surface area contributed by atoms with E-state index in [0.29, 0.717) is 10.8 Å². The Labute approximate surface area is 119 Å². The van der Waals surface area contributed by atoms with Gasteiger partial charge in [0.25, 0.3) is 10.0 Å². The van der Waals surface area contributed by atoms with Crippen LogP contribution in [0.2, 0.25) is 0 Å². The molecule has 1 unspecified atom stereocenters. The molecule has 1 fully saturated rings. The van der Waals surface area contributed by atoms with Crippen LogP contribution in [0.1, 0.15) is 31.2 Å². The lowest BCUT2D eigenvalue weighted by molar-refractivity contribution is 0.247. The molecule has 0 amide bonds. The molecule has 1 aromatic heterocycles. The van der Waals surface area contributed by atoms with Crippen molar-refractivity contribution in [2.75, 3.05) is 19.6 Å². The summed E-state index contributed by atoms with van der Waals surface area (Å²) in [5.74, 6) is 0. The number of rotatable bonds is 5. The van der Waals surface area contributed by atoms with Gasteiger partial charge in [0.15, 0.2) is 4.21 Å². The minimum atomic E-state index is -3.37. The third-order valence-corrected chi connectivity index (χ3v) is 6.67. The molecule has 7 heteroatoms. The molecule has 1 aromatic rings. The molecule has 1 N–H and O–H groups in total. The molecule has 108 valence electrons. The van der Waals surface area contributed by atoms with E-state index in [0.717, 1.165) is 37.4 Å². The number of hydrogen-bond donors (Lipinski definition) is 1. The third-order valence-electron chi connectivity index (χ3n) is 3.37. The van der Waals surface area contributed by atoms with Gasteiger partial charge in [-0.3, -0.25) is 0 Å². The molecular formula is C12H21N3O2S2. The Morgan fingerprint density at radius 2 is 2.32 bits per heavy atom. The first-order valence-electron chi connectivity index (χ1n) is 6.70. The van der Waals surface area contributed by atoms with Gasteiger partial charge in [-0.1, -0.05) is 13.3 Å². The molecule has 0 aromatic carbocycles. The van der Waals surface area contributed by atoms with Gasteiger partial charge in [-0.15, -0.1) is 11.3 Å². The summed E-state index contributed by atoms with van der Waals surface area (Å²) in [5.41, 5.74) is 0. The highest BCUT2D eigenvalue weighted by molar-refractivity contribution is 7.91. The first kappa shape index (κ1) is 14.9. The smallest absolute Gasteiger partial charge is 0.254 e. The fraction of sp³-hybridized carbons (Fsp3) is 0.750. The van der Waals surface area contributed by atoms with Crippen molar-refractivity contribution in [2.24, 2.45) is 0 Å². The quantitative estimate of drug-likeness (QED) is 0.897. The van der Waals surface area contributed by atoms with Crippen molar-refractivity contribution < 1.29 is 8.42 Å². The van der Waals surface area contributed by atoms with Crippen LogP contribution in [0.5, 0.6) is 0 Å². The van der Waals surface area contributed by atoms with Crippen LogP contribution >= 0.6 is 11.3 Å². The predicted molar refractivity (Wildman–Crippen MR) is 76.9 cm³/mol. The summed E-state index contributed by atoms with van der Waals surface area (Å²) in [6.45, 7) is 6.08. The van der Waals surface area contributed by atoms with Gasteiger partial charge in [0.1, 0.15) is 0 Å². The number of likely N-dealkylation sites (N-methyl/N-ethyl adjacent to an activating group) is 1. The molecule has 0 aliphatic carbocycles. The fourth-order valence-electron chi connectivity index (χ4n) is 2.38. The molecule has 5 nitrogen and oxygen atoms in total. The Morgan fingerprint density at radius 3 is 2.95 bits per heavy atom. The Kier molecular flexibility index (Phi) is 4.94. The molecule has 1 aliphatic heterocycles. The molecule has 0 spiro atoms. The van der Waals surface area contributed by atoms with Crippen LogP contribution in [0.25, 0.3) is 0 Å². The number of aryl methyl sites for hydroxylation is 1. The van der Waals surface area contributed by atoms with E-state index in [1.165, 1.54) is 17.5 Å². The van der Waals surface area contributed by atoms with Gasteiger partial charge in [0.05, 0.1) is 11.2 Å². The van der Waals surface area contributed by atoms with Gasteiger partial charge in [-0.25, -0.2) is 13.4 Å². The van der Waals surface area contributed by atoms with Crippen LogP contribution in [0.3, 0.4) is 0 Å². The second-order valence-electron chi connectivity index (χ2n) is 4.77. The number of hydrogen-bond acceptors (Lipinski definition) is 5. The van der Waals surface area contributed by atoms with Crippen LogP contribution in [0.4, 0.5) is 0 Å². The Hall–Kier alpha value is -0.500. The molecule has 19 heavy (non-hydrogen) atoms. The lowest BCUT2D eigenvalue weighted by atomic mass is 10.1. The van der Waals surface area contributed by atoms with Crippen molar-refractivity contribution in [3.63, 3.8) is 0 Å². The summed E-state index contributed by atoms with van der Waals surface area (Å²) >= 11 is 1.25. The van der Waals surface area contributed by atoms with Gasteiger partial charge in [-0.05, 0) is 26.3 Å². The summed E-state index contributed by atoms with van der Waals surface area (Å²) in [7, 11) is -3.37. The normalized spacial score (nSPS) is 21.7. The third kappa shape index (κ3) is 3.34. The minimum Gasteiger partial charge on any atom is -0.315 e. The maximum Gasteiger partial charge on any atom is 0.254 e. The largest absolute Gasteiger partial charge is 0.315 e. The Balaban J connectivity index is 2.21. The lowest BCUT2D eigenvalue weighted by Crippen LogP contribution is -2.48. The van der Waals surface area contributed by atoms with Gasteiger partial charge >= 0.3 is 0 Å². The highest BCUT2D eigenvalue weighted by Crippen LogP contribution is 2.28. The average molecular weight is 303 g/mol. The summed E-state index contributed by atoms with van der Waals surface area (Å²) in [4.78, 5) is 4.06. The monoisotopic (exact) mass is 303 g/mol. The SMILES string of the molecule is CCNCC1CCCCN1S(=O)(=O)c1cnc(C)s1. The van der Waals surface area contributed by atoms with E-state index in [9.17, 15) is 8.42 Å². The fourth-order valence-corrected chi connectivity index (χ4v) is 5.31. The topological polar surface area (TPSA) is 62.3 Å². The molecule has 2 rings (SSSR count). The zero-order valence-corrected chi connectivity index (χ0v) is 13.1. The van der Waals surface area contributed by atoms with E-state index in [-0.39, 0.29) is 6.04 Å². The van der Waals surface area contributed by atoms with Crippen molar-refractivity contribution in [2.45, 2.75) is 43.4 Å². The second kappa shape index (κ2) is 6.30.